The Bertz CT molecular complexity index is 1460. The standard InChI is InChI=1S/C31H35N3O5/c1-31(2,3)39-30(35)34-26-18-22(17-21-11-12-23(36-4)19-24(21)26)25-14-15-32-29(33-25)9-7-8-20-10-13-27(37-5)28(16-20)38-6/h10-19H,7-9H2,1-6H3,(H,34,35). The summed E-state index contributed by atoms with van der Waals surface area (Å²) >= 11 is 0. The predicted octanol–water partition coefficient (Wildman–Crippen LogP) is 6.84. The number of fused-ring (bicyclic) bond motifs is 1. The average Bonchev–Trinajstić information content (AvgIpc) is 2.91. The number of aromatic nitrogens is 2. The van der Waals surface area contributed by atoms with Crippen LogP contribution in [0, 0.1) is 0 Å². The summed E-state index contributed by atoms with van der Waals surface area (Å²) in [6.07, 6.45) is 3.70. The second kappa shape index (κ2) is 12.0. The molecule has 204 valence electrons. The number of benzene rings is 3. The number of hydrogen-bond donors (Lipinski definition) is 1. The normalized spacial score (nSPS) is 11.2. The topological polar surface area (TPSA) is 91.8 Å². The minimum absolute atomic E-state index is 0.526. The van der Waals surface area contributed by atoms with Crippen LogP contribution in [0.15, 0.2) is 60.8 Å². The van der Waals surface area contributed by atoms with Gasteiger partial charge in [0.05, 0.1) is 32.7 Å². The molecule has 0 aliphatic heterocycles. The number of anilines is 1. The third kappa shape index (κ3) is 7.16. The number of hydrogen-bond acceptors (Lipinski definition) is 7. The highest BCUT2D eigenvalue weighted by atomic mass is 16.6. The first-order valence-electron chi connectivity index (χ1n) is 12.8. The molecular formula is C31H35N3O5. The summed E-state index contributed by atoms with van der Waals surface area (Å²) in [5, 5.41) is 4.69. The molecule has 1 N–H and O–H groups in total. The van der Waals surface area contributed by atoms with E-state index in [4.69, 9.17) is 23.9 Å². The number of aryl methyl sites for hydroxylation is 2. The van der Waals surface area contributed by atoms with Crippen LogP contribution in [-0.4, -0.2) is 43.0 Å². The number of carbonyl (C=O) groups excluding carboxylic acids is 1. The van der Waals surface area contributed by atoms with Crippen LogP contribution in [0.2, 0.25) is 0 Å². The molecule has 4 rings (SSSR count). The molecule has 0 saturated heterocycles. The van der Waals surface area contributed by atoms with Gasteiger partial charge in [0.25, 0.3) is 0 Å². The van der Waals surface area contributed by atoms with Crippen LogP contribution in [0.4, 0.5) is 10.5 Å². The molecule has 0 radical (unpaired) electrons. The maximum atomic E-state index is 12.6. The van der Waals surface area contributed by atoms with Gasteiger partial charge in [-0.15, -0.1) is 0 Å². The van der Waals surface area contributed by atoms with Crippen LogP contribution < -0.4 is 19.5 Å². The Morgan fingerprint density at radius 3 is 2.38 bits per heavy atom. The molecule has 1 amide bonds. The van der Waals surface area contributed by atoms with E-state index in [2.05, 4.69) is 10.3 Å². The van der Waals surface area contributed by atoms with E-state index < -0.39 is 11.7 Å². The van der Waals surface area contributed by atoms with Gasteiger partial charge < -0.3 is 18.9 Å². The van der Waals surface area contributed by atoms with E-state index in [1.807, 2.05) is 75.4 Å². The van der Waals surface area contributed by atoms with Gasteiger partial charge in [-0.2, -0.15) is 0 Å². The van der Waals surface area contributed by atoms with Gasteiger partial charge in [-0.3, -0.25) is 5.32 Å². The van der Waals surface area contributed by atoms with Crippen LogP contribution in [0.1, 0.15) is 38.6 Å². The molecule has 8 nitrogen and oxygen atoms in total. The Balaban J connectivity index is 1.57. The fourth-order valence-corrected chi connectivity index (χ4v) is 4.30. The Morgan fingerprint density at radius 1 is 0.872 bits per heavy atom. The molecule has 3 aromatic carbocycles. The van der Waals surface area contributed by atoms with Gasteiger partial charge in [-0.05, 0) is 87.0 Å². The number of ether oxygens (including phenoxy) is 4. The molecule has 39 heavy (non-hydrogen) atoms. The van der Waals surface area contributed by atoms with E-state index in [-0.39, 0.29) is 0 Å². The number of carbonyl (C=O) groups is 1. The van der Waals surface area contributed by atoms with Gasteiger partial charge in [-0.1, -0.05) is 12.1 Å². The molecule has 0 unspecified atom stereocenters. The molecular weight excluding hydrogens is 494 g/mol. The summed E-state index contributed by atoms with van der Waals surface area (Å²) in [6.45, 7) is 5.49. The lowest BCUT2D eigenvalue weighted by molar-refractivity contribution is 0.0636. The Labute approximate surface area is 229 Å². The Kier molecular flexibility index (Phi) is 8.54. The minimum Gasteiger partial charge on any atom is -0.497 e. The van der Waals surface area contributed by atoms with Crippen LogP contribution in [-0.2, 0) is 17.6 Å². The van der Waals surface area contributed by atoms with Gasteiger partial charge in [0, 0.05) is 23.6 Å². The molecule has 8 heteroatoms. The van der Waals surface area contributed by atoms with Crippen LogP contribution >= 0.6 is 0 Å². The minimum atomic E-state index is -0.617. The van der Waals surface area contributed by atoms with Crippen molar-refractivity contribution in [3.05, 3.63) is 72.2 Å². The van der Waals surface area contributed by atoms with Gasteiger partial charge in [0.2, 0.25) is 0 Å². The first-order valence-corrected chi connectivity index (χ1v) is 12.8. The van der Waals surface area contributed by atoms with Crippen molar-refractivity contribution in [1.82, 2.24) is 9.97 Å². The van der Waals surface area contributed by atoms with Crippen molar-refractivity contribution in [2.75, 3.05) is 26.6 Å². The number of nitrogens with zero attached hydrogens (tertiary/aromatic N) is 2. The van der Waals surface area contributed by atoms with Crippen molar-refractivity contribution in [2.45, 2.75) is 45.6 Å². The summed E-state index contributed by atoms with van der Waals surface area (Å²) in [6, 6.07) is 17.5. The molecule has 0 aliphatic rings. The van der Waals surface area contributed by atoms with E-state index in [1.165, 1.54) is 0 Å². The molecule has 4 aromatic rings. The molecule has 1 aromatic heterocycles. The van der Waals surface area contributed by atoms with Crippen molar-refractivity contribution in [2.24, 2.45) is 0 Å². The van der Waals surface area contributed by atoms with E-state index in [1.54, 1.807) is 27.5 Å². The zero-order valence-corrected chi connectivity index (χ0v) is 23.3. The average molecular weight is 530 g/mol. The lowest BCUT2D eigenvalue weighted by Crippen LogP contribution is -2.27. The highest BCUT2D eigenvalue weighted by Crippen LogP contribution is 2.33. The summed E-state index contributed by atoms with van der Waals surface area (Å²) in [5.74, 6) is 2.88. The van der Waals surface area contributed by atoms with Gasteiger partial charge in [0.1, 0.15) is 17.2 Å². The molecule has 0 atom stereocenters. The monoisotopic (exact) mass is 529 g/mol. The van der Waals surface area contributed by atoms with Crippen LogP contribution in [0.25, 0.3) is 22.0 Å². The highest BCUT2D eigenvalue weighted by molar-refractivity contribution is 6.03. The summed E-state index contributed by atoms with van der Waals surface area (Å²) in [7, 11) is 4.88. The first kappa shape index (κ1) is 27.7. The van der Waals surface area contributed by atoms with Crippen LogP contribution in [0.3, 0.4) is 0 Å². The molecule has 0 saturated carbocycles. The fraction of sp³-hybridized carbons (Fsp3) is 0.323. The van der Waals surface area contributed by atoms with Gasteiger partial charge in [-0.25, -0.2) is 14.8 Å². The lowest BCUT2D eigenvalue weighted by atomic mass is 10.0. The summed E-state index contributed by atoms with van der Waals surface area (Å²) in [5.41, 5.74) is 2.79. The first-order chi connectivity index (χ1) is 18.7. The number of nitrogens with one attached hydrogen (secondary N) is 1. The molecule has 0 aliphatic carbocycles. The fourth-order valence-electron chi connectivity index (χ4n) is 4.30. The third-order valence-corrected chi connectivity index (χ3v) is 6.11. The van der Waals surface area contributed by atoms with Crippen molar-refractivity contribution < 1.29 is 23.7 Å². The van der Waals surface area contributed by atoms with Crippen molar-refractivity contribution >= 4 is 22.6 Å². The summed E-state index contributed by atoms with van der Waals surface area (Å²) < 4.78 is 21.7. The Morgan fingerprint density at radius 2 is 1.67 bits per heavy atom. The maximum absolute atomic E-state index is 12.6. The molecule has 0 bridgehead atoms. The van der Waals surface area contributed by atoms with Gasteiger partial charge >= 0.3 is 6.09 Å². The third-order valence-electron chi connectivity index (χ3n) is 6.11. The van der Waals surface area contributed by atoms with E-state index >= 15 is 0 Å². The zero-order chi connectivity index (χ0) is 28.0. The number of rotatable bonds is 9. The quantitative estimate of drug-likeness (QED) is 0.254. The second-order valence-corrected chi connectivity index (χ2v) is 10.1. The van der Waals surface area contributed by atoms with Crippen molar-refractivity contribution in [3.8, 4) is 28.5 Å². The van der Waals surface area contributed by atoms with Crippen molar-refractivity contribution in [1.29, 1.82) is 0 Å². The predicted molar refractivity (Wildman–Crippen MR) is 153 cm³/mol. The van der Waals surface area contributed by atoms with E-state index in [0.717, 1.165) is 58.4 Å². The summed E-state index contributed by atoms with van der Waals surface area (Å²) in [4.78, 5) is 22.0. The maximum Gasteiger partial charge on any atom is 0.412 e. The van der Waals surface area contributed by atoms with Crippen molar-refractivity contribution in [3.63, 3.8) is 0 Å². The van der Waals surface area contributed by atoms with Crippen LogP contribution in [0.5, 0.6) is 17.2 Å². The largest absolute Gasteiger partial charge is 0.497 e. The Hall–Kier alpha value is -4.33. The van der Waals surface area contributed by atoms with E-state index in [9.17, 15) is 4.79 Å². The molecule has 0 spiro atoms. The highest BCUT2D eigenvalue weighted by Gasteiger charge is 2.18. The number of amides is 1. The van der Waals surface area contributed by atoms with E-state index in [0.29, 0.717) is 17.2 Å². The SMILES string of the molecule is COc1ccc2cc(-c3ccnc(CCCc4ccc(OC)c(OC)c4)n3)cc(NC(=O)OC(C)(C)C)c2c1. The molecule has 1 heterocycles. The smallest absolute Gasteiger partial charge is 0.412 e. The van der Waals surface area contributed by atoms with Gasteiger partial charge in [0.15, 0.2) is 11.5 Å². The second-order valence-electron chi connectivity index (χ2n) is 10.1. The lowest BCUT2D eigenvalue weighted by Gasteiger charge is -2.20. The number of methoxy groups -OCH3 is 3. The zero-order valence-electron chi connectivity index (χ0n) is 23.3. The molecule has 0 fully saturated rings.